The van der Waals surface area contributed by atoms with E-state index in [-0.39, 0.29) is 11.7 Å². The monoisotopic (exact) mass is 292 g/mol. The molecule has 1 heterocycles. The summed E-state index contributed by atoms with van der Waals surface area (Å²) in [5, 5.41) is 19.6. The molecule has 1 N–H and O–H groups in total. The van der Waals surface area contributed by atoms with Gasteiger partial charge < -0.3 is 14.7 Å². The molecule has 1 aromatic rings. The Labute approximate surface area is 121 Å². The van der Waals surface area contributed by atoms with Gasteiger partial charge in [0, 0.05) is 43.1 Å². The second-order valence-corrected chi connectivity index (χ2v) is 4.80. The van der Waals surface area contributed by atoms with Crippen molar-refractivity contribution in [1.82, 2.24) is 0 Å². The van der Waals surface area contributed by atoms with Crippen LogP contribution in [0, 0.1) is 10.1 Å². The highest BCUT2D eigenvalue weighted by Crippen LogP contribution is 2.29. The Morgan fingerprint density at radius 1 is 1.57 bits per heavy atom. The van der Waals surface area contributed by atoms with Crippen LogP contribution in [0.4, 0.5) is 11.4 Å². The number of carboxylic acids is 1. The molecule has 0 amide bonds. The van der Waals surface area contributed by atoms with Crippen LogP contribution < -0.4 is 4.90 Å². The SMILES string of the molecule is CN(c1ccc([N+](=O)[O-])cc1/C=C/C(=O)O)C1CCOC1. The summed E-state index contributed by atoms with van der Waals surface area (Å²) < 4.78 is 5.34. The molecule has 0 spiro atoms. The fraction of sp³-hybridized carbons (Fsp3) is 0.357. The van der Waals surface area contributed by atoms with Gasteiger partial charge in [-0.1, -0.05) is 0 Å². The third-order valence-electron chi connectivity index (χ3n) is 3.46. The van der Waals surface area contributed by atoms with Crippen molar-refractivity contribution < 1.29 is 19.6 Å². The first-order chi connectivity index (χ1) is 9.99. The highest BCUT2D eigenvalue weighted by molar-refractivity contribution is 5.87. The fourth-order valence-electron chi connectivity index (χ4n) is 2.30. The molecule has 7 heteroatoms. The van der Waals surface area contributed by atoms with Crippen molar-refractivity contribution in [3.8, 4) is 0 Å². The van der Waals surface area contributed by atoms with Gasteiger partial charge in [0.25, 0.3) is 5.69 Å². The zero-order chi connectivity index (χ0) is 15.4. The lowest BCUT2D eigenvalue weighted by Gasteiger charge is -2.27. The number of ether oxygens (including phenoxy) is 1. The van der Waals surface area contributed by atoms with Gasteiger partial charge in [-0.2, -0.15) is 0 Å². The lowest BCUT2D eigenvalue weighted by Crippen LogP contribution is -2.32. The van der Waals surface area contributed by atoms with Gasteiger partial charge in [-0.05, 0) is 18.6 Å². The minimum Gasteiger partial charge on any atom is -0.478 e. The van der Waals surface area contributed by atoms with Crippen LogP contribution in [0.15, 0.2) is 24.3 Å². The van der Waals surface area contributed by atoms with Crippen LogP contribution >= 0.6 is 0 Å². The third kappa shape index (κ3) is 3.57. The number of hydrogen-bond acceptors (Lipinski definition) is 5. The van der Waals surface area contributed by atoms with Gasteiger partial charge in [-0.15, -0.1) is 0 Å². The smallest absolute Gasteiger partial charge is 0.328 e. The molecule has 0 saturated carbocycles. The average molecular weight is 292 g/mol. The summed E-state index contributed by atoms with van der Waals surface area (Å²) in [6.07, 6.45) is 3.22. The molecule has 0 bridgehead atoms. The summed E-state index contributed by atoms with van der Waals surface area (Å²) in [4.78, 5) is 23.0. The Morgan fingerprint density at radius 2 is 2.33 bits per heavy atom. The zero-order valence-electron chi connectivity index (χ0n) is 11.6. The number of nitro benzene ring substituents is 1. The van der Waals surface area contributed by atoms with Gasteiger partial charge in [0.15, 0.2) is 0 Å². The maximum absolute atomic E-state index is 10.9. The van der Waals surface area contributed by atoms with E-state index in [2.05, 4.69) is 0 Å². The number of rotatable bonds is 5. The summed E-state index contributed by atoms with van der Waals surface area (Å²) in [7, 11) is 1.87. The largest absolute Gasteiger partial charge is 0.478 e. The number of aliphatic carboxylic acids is 1. The number of nitro groups is 1. The predicted molar refractivity (Wildman–Crippen MR) is 77.4 cm³/mol. The van der Waals surface area contributed by atoms with Crippen molar-refractivity contribution in [1.29, 1.82) is 0 Å². The normalized spacial score (nSPS) is 18.0. The molecule has 21 heavy (non-hydrogen) atoms. The summed E-state index contributed by atoms with van der Waals surface area (Å²) in [5.74, 6) is -1.10. The van der Waals surface area contributed by atoms with Crippen LogP contribution in [-0.2, 0) is 9.53 Å². The van der Waals surface area contributed by atoms with E-state index in [1.807, 2.05) is 11.9 Å². The molecular weight excluding hydrogens is 276 g/mol. The van der Waals surface area contributed by atoms with Gasteiger partial charge >= 0.3 is 5.97 Å². The fourth-order valence-corrected chi connectivity index (χ4v) is 2.30. The Hall–Kier alpha value is -2.41. The van der Waals surface area contributed by atoms with E-state index < -0.39 is 10.9 Å². The molecule has 7 nitrogen and oxygen atoms in total. The number of non-ortho nitro benzene ring substituents is 1. The first-order valence-electron chi connectivity index (χ1n) is 6.49. The maximum atomic E-state index is 10.9. The van der Waals surface area contributed by atoms with E-state index in [1.54, 1.807) is 6.07 Å². The lowest BCUT2D eigenvalue weighted by atomic mass is 10.1. The van der Waals surface area contributed by atoms with Crippen molar-refractivity contribution in [3.05, 3.63) is 40.0 Å². The average Bonchev–Trinajstić information content (AvgIpc) is 2.98. The Kier molecular flexibility index (Phi) is 4.54. The number of anilines is 1. The van der Waals surface area contributed by atoms with E-state index in [0.717, 1.165) is 18.2 Å². The van der Waals surface area contributed by atoms with Crippen LogP contribution in [0.2, 0.25) is 0 Å². The van der Waals surface area contributed by atoms with Crippen LogP contribution in [0.1, 0.15) is 12.0 Å². The second kappa shape index (κ2) is 6.36. The topological polar surface area (TPSA) is 92.9 Å². The Morgan fingerprint density at radius 3 is 2.90 bits per heavy atom. The quantitative estimate of drug-likeness (QED) is 0.506. The molecule has 0 aromatic heterocycles. The lowest BCUT2D eigenvalue weighted by molar-refractivity contribution is -0.384. The van der Waals surface area contributed by atoms with Crippen LogP contribution in [0.5, 0.6) is 0 Å². The van der Waals surface area contributed by atoms with Gasteiger partial charge in [-0.3, -0.25) is 10.1 Å². The minimum atomic E-state index is -1.10. The third-order valence-corrected chi connectivity index (χ3v) is 3.46. The summed E-state index contributed by atoms with van der Waals surface area (Å²) in [5.41, 5.74) is 1.18. The van der Waals surface area contributed by atoms with Crippen molar-refractivity contribution in [3.63, 3.8) is 0 Å². The number of carboxylic acid groups (broad SMARTS) is 1. The standard InChI is InChI=1S/C14H16N2O5/c1-15(12-6-7-21-9-12)13-4-3-11(16(19)20)8-10(13)2-5-14(17)18/h2-5,8,12H,6-7,9H2,1H3,(H,17,18)/b5-2+. The summed E-state index contributed by atoms with van der Waals surface area (Å²) >= 11 is 0. The molecule has 0 radical (unpaired) electrons. The highest BCUT2D eigenvalue weighted by Gasteiger charge is 2.22. The minimum absolute atomic E-state index is 0.0696. The van der Waals surface area contributed by atoms with Crippen LogP contribution in [-0.4, -0.2) is 42.3 Å². The van der Waals surface area contributed by atoms with Crippen LogP contribution in [0.3, 0.4) is 0 Å². The Bertz CT molecular complexity index is 579. The molecule has 2 rings (SSSR count). The molecule has 1 aliphatic heterocycles. The number of benzene rings is 1. The van der Waals surface area contributed by atoms with E-state index in [0.29, 0.717) is 18.8 Å². The van der Waals surface area contributed by atoms with Gasteiger partial charge in [0.2, 0.25) is 0 Å². The van der Waals surface area contributed by atoms with Gasteiger partial charge in [0.1, 0.15) is 0 Å². The van der Waals surface area contributed by atoms with Gasteiger partial charge in [0.05, 0.1) is 17.6 Å². The highest BCUT2D eigenvalue weighted by atomic mass is 16.6. The number of likely N-dealkylation sites (N-methyl/N-ethyl adjacent to an activating group) is 1. The van der Waals surface area contributed by atoms with Crippen molar-refractivity contribution >= 4 is 23.4 Å². The molecule has 1 saturated heterocycles. The molecule has 1 aliphatic rings. The first-order valence-corrected chi connectivity index (χ1v) is 6.49. The van der Waals surface area contributed by atoms with E-state index >= 15 is 0 Å². The number of nitrogens with zero attached hydrogens (tertiary/aromatic N) is 2. The van der Waals surface area contributed by atoms with Crippen molar-refractivity contribution in [2.75, 3.05) is 25.2 Å². The first kappa shape index (κ1) is 15.0. The van der Waals surface area contributed by atoms with E-state index in [1.165, 1.54) is 18.2 Å². The van der Waals surface area contributed by atoms with Gasteiger partial charge in [-0.25, -0.2) is 4.79 Å². The Balaban J connectivity index is 2.38. The molecule has 1 fully saturated rings. The summed E-state index contributed by atoms with van der Waals surface area (Å²) in [6.45, 7) is 1.28. The van der Waals surface area contributed by atoms with Crippen molar-refractivity contribution in [2.24, 2.45) is 0 Å². The van der Waals surface area contributed by atoms with E-state index in [9.17, 15) is 14.9 Å². The summed E-state index contributed by atoms with van der Waals surface area (Å²) in [6, 6.07) is 4.61. The molecule has 112 valence electrons. The molecule has 1 unspecified atom stereocenters. The zero-order valence-corrected chi connectivity index (χ0v) is 11.6. The molecule has 0 aliphatic carbocycles. The molecule has 1 atom stereocenters. The maximum Gasteiger partial charge on any atom is 0.328 e. The molecule has 1 aromatic carbocycles. The second-order valence-electron chi connectivity index (χ2n) is 4.80. The van der Waals surface area contributed by atoms with Crippen molar-refractivity contribution in [2.45, 2.75) is 12.5 Å². The van der Waals surface area contributed by atoms with E-state index in [4.69, 9.17) is 9.84 Å². The number of hydrogen-bond donors (Lipinski definition) is 1. The molecular formula is C14H16N2O5. The van der Waals surface area contributed by atoms with Crippen LogP contribution in [0.25, 0.3) is 6.08 Å². The predicted octanol–water partition coefficient (Wildman–Crippen LogP) is 1.92. The number of carbonyl (C=O) groups is 1.